The van der Waals surface area contributed by atoms with Gasteiger partial charge in [0.25, 0.3) is 5.56 Å². The van der Waals surface area contributed by atoms with Crippen LogP contribution in [0.15, 0.2) is 58.5 Å². The van der Waals surface area contributed by atoms with Crippen LogP contribution in [0.5, 0.6) is 5.75 Å². The largest absolute Gasteiger partial charge is 0.497 e. The van der Waals surface area contributed by atoms with E-state index in [2.05, 4.69) is 0 Å². The molecular weight excluding hydrogens is 534 g/mol. The summed E-state index contributed by atoms with van der Waals surface area (Å²) >= 11 is 8.20. The predicted octanol–water partition coefficient (Wildman–Crippen LogP) is 4.62. The first-order valence-corrected chi connectivity index (χ1v) is 13.7. The fourth-order valence-corrected chi connectivity index (χ4v) is 6.10. The number of benzene rings is 2. The molecule has 0 bridgehead atoms. The van der Waals surface area contributed by atoms with E-state index in [0.29, 0.717) is 55.4 Å². The standard InChI is InChI=1S/C25H23N3O6S3/c1-3-32-23(30)15-7-9-16(10-8-15)28-22(29)20-21(26-24(28)36-14-19-33-11-12-34-19)27(25(35)37-20)17-5-4-6-18(13-17)31-2/h4-10,13,19H,3,11-12,14H2,1-2H3. The van der Waals surface area contributed by atoms with Crippen molar-refractivity contribution in [2.24, 2.45) is 0 Å². The quantitative estimate of drug-likeness (QED) is 0.133. The number of fused-ring (bicyclic) bond motifs is 1. The molecule has 4 aromatic rings. The highest BCUT2D eigenvalue weighted by atomic mass is 32.2. The number of hydrogen-bond acceptors (Lipinski definition) is 10. The van der Waals surface area contributed by atoms with Crippen LogP contribution >= 0.6 is 35.3 Å². The van der Waals surface area contributed by atoms with Gasteiger partial charge in [0.15, 0.2) is 21.0 Å². The molecule has 2 aromatic heterocycles. The van der Waals surface area contributed by atoms with Crippen LogP contribution in [0.1, 0.15) is 17.3 Å². The van der Waals surface area contributed by atoms with Crippen molar-refractivity contribution in [3.63, 3.8) is 0 Å². The van der Waals surface area contributed by atoms with Crippen LogP contribution in [-0.4, -0.2) is 59.1 Å². The number of thiazole rings is 1. The van der Waals surface area contributed by atoms with E-state index in [-0.39, 0.29) is 18.5 Å². The van der Waals surface area contributed by atoms with Gasteiger partial charge >= 0.3 is 5.97 Å². The van der Waals surface area contributed by atoms with E-state index in [0.717, 1.165) is 5.69 Å². The fourth-order valence-electron chi connectivity index (χ4n) is 3.84. The summed E-state index contributed by atoms with van der Waals surface area (Å²) in [5.41, 5.74) is 1.91. The van der Waals surface area contributed by atoms with Gasteiger partial charge < -0.3 is 18.9 Å². The molecule has 0 unspecified atom stereocenters. The molecule has 37 heavy (non-hydrogen) atoms. The minimum atomic E-state index is -0.423. The second kappa shape index (κ2) is 11.2. The van der Waals surface area contributed by atoms with Gasteiger partial charge in [-0.25, -0.2) is 9.78 Å². The van der Waals surface area contributed by atoms with Crippen molar-refractivity contribution in [3.8, 4) is 17.1 Å². The van der Waals surface area contributed by atoms with Crippen molar-refractivity contribution in [3.05, 3.63) is 68.4 Å². The van der Waals surface area contributed by atoms with Crippen LogP contribution in [0.25, 0.3) is 21.7 Å². The summed E-state index contributed by atoms with van der Waals surface area (Å²) in [7, 11) is 1.59. The second-order valence-electron chi connectivity index (χ2n) is 7.84. The van der Waals surface area contributed by atoms with Gasteiger partial charge in [-0.3, -0.25) is 13.9 Å². The van der Waals surface area contributed by atoms with Crippen LogP contribution in [0.3, 0.4) is 0 Å². The molecule has 9 nitrogen and oxygen atoms in total. The van der Waals surface area contributed by atoms with Crippen molar-refractivity contribution in [2.45, 2.75) is 18.4 Å². The number of carbonyl (C=O) groups excluding carboxylic acids is 1. The summed E-state index contributed by atoms with van der Waals surface area (Å²) in [6.07, 6.45) is -0.389. The lowest BCUT2D eigenvalue weighted by molar-refractivity contribution is -0.0215. The Bertz CT molecular complexity index is 1550. The lowest BCUT2D eigenvalue weighted by Gasteiger charge is -2.15. The Labute approximate surface area is 225 Å². The Morgan fingerprint density at radius 3 is 2.62 bits per heavy atom. The molecule has 1 aliphatic rings. The first-order valence-electron chi connectivity index (χ1n) is 11.5. The van der Waals surface area contributed by atoms with Gasteiger partial charge in [0.1, 0.15) is 10.4 Å². The molecule has 1 fully saturated rings. The lowest BCUT2D eigenvalue weighted by atomic mass is 10.2. The van der Waals surface area contributed by atoms with Crippen molar-refractivity contribution >= 4 is 51.6 Å². The van der Waals surface area contributed by atoms with Crippen LogP contribution in [0.4, 0.5) is 0 Å². The smallest absolute Gasteiger partial charge is 0.338 e. The first-order chi connectivity index (χ1) is 18.0. The Morgan fingerprint density at radius 1 is 1.16 bits per heavy atom. The number of ether oxygens (including phenoxy) is 4. The summed E-state index contributed by atoms with van der Waals surface area (Å²) in [5.74, 6) is 0.690. The highest BCUT2D eigenvalue weighted by molar-refractivity contribution is 7.99. The summed E-state index contributed by atoms with van der Waals surface area (Å²) in [4.78, 5) is 30.9. The number of thioether (sulfide) groups is 1. The number of carbonyl (C=O) groups is 1. The maximum atomic E-state index is 13.9. The molecule has 0 atom stereocenters. The molecule has 0 radical (unpaired) electrons. The van der Waals surface area contributed by atoms with Crippen molar-refractivity contribution in [1.82, 2.24) is 14.1 Å². The molecule has 0 N–H and O–H groups in total. The first kappa shape index (κ1) is 25.6. The van der Waals surface area contributed by atoms with Crippen LogP contribution in [-0.2, 0) is 14.2 Å². The van der Waals surface area contributed by atoms with E-state index in [9.17, 15) is 9.59 Å². The van der Waals surface area contributed by atoms with E-state index in [1.165, 1.54) is 27.7 Å². The zero-order valence-electron chi connectivity index (χ0n) is 20.0. The van der Waals surface area contributed by atoms with Crippen molar-refractivity contribution in [1.29, 1.82) is 0 Å². The zero-order chi connectivity index (χ0) is 25.9. The van der Waals surface area contributed by atoms with E-state index < -0.39 is 5.97 Å². The van der Waals surface area contributed by atoms with Gasteiger partial charge in [-0.1, -0.05) is 29.2 Å². The average molecular weight is 558 g/mol. The number of hydrogen-bond donors (Lipinski definition) is 0. The Balaban J connectivity index is 1.65. The van der Waals surface area contributed by atoms with E-state index in [1.54, 1.807) is 42.9 Å². The monoisotopic (exact) mass is 557 g/mol. The van der Waals surface area contributed by atoms with Gasteiger partial charge in [-0.2, -0.15) is 0 Å². The Kier molecular flexibility index (Phi) is 7.72. The van der Waals surface area contributed by atoms with Crippen molar-refractivity contribution < 1.29 is 23.7 Å². The molecule has 0 amide bonds. The molecule has 0 aliphatic carbocycles. The third-order valence-electron chi connectivity index (χ3n) is 5.56. The lowest BCUT2D eigenvalue weighted by Crippen LogP contribution is -2.22. The number of methoxy groups -OCH3 is 1. The highest BCUT2D eigenvalue weighted by Crippen LogP contribution is 2.29. The topological polar surface area (TPSA) is 93.8 Å². The van der Waals surface area contributed by atoms with Gasteiger partial charge in [0.05, 0.1) is 49.6 Å². The average Bonchev–Trinajstić information content (AvgIpc) is 3.55. The van der Waals surface area contributed by atoms with Gasteiger partial charge in [0.2, 0.25) is 0 Å². The maximum absolute atomic E-state index is 13.9. The summed E-state index contributed by atoms with van der Waals surface area (Å²) in [5, 5.41) is 0.449. The van der Waals surface area contributed by atoms with Crippen LogP contribution < -0.4 is 10.3 Å². The van der Waals surface area contributed by atoms with E-state index in [4.69, 9.17) is 36.1 Å². The second-order valence-corrected chi connectivity index (χ2v) is 10.5. The molecular formula is C25H23N3O6S3. The highest BCUT2D eigenvalue weighted by Gasteiger charge is 2.22. The van der Waals surface area contributed by atoms with Crippen LogP contribution in [0, 0.1) is 3.95 Å². The predicted molar refractivity (Wildman–Crippen MR) is 144 cm³/mol. The molecule has 0 spiro atoms. The minimum Gasteiger partial charge on any atom is -0.497 e. The van der Waals surface area contributed by atoms with Gasteiger partial charge in [0, 0.05) is 6.07 Å². The fraction of sp³-hybridized carbons (Fsp3) is 0.280. The SMILES string of the molecule is CCOC(=O)c1ccc(-n2c(SCC3OCCO3)nc3c(sc(=S)n3-c3cccc(OC)c3)c2=O)cc1. The van der Waals surface area contributed by atoms with Crippen LogP contribution in [0.2, 0.25) is 0 Å². The van der Waals surface area contributed by atoms with E-state index in [1.807, 2.05) is 24.3 Å². The maximum Gasteiger partial charge on any atom is 0.338 e. The Hall–Kier alpha value is -3.03. The van der Waals surface area contributed by atoms with Gasteiger partial charge in [-0.15, -0.1) is 0 Å². The molecule has 12 heteroatoms. The third-order valence-corrected chi connectivity index (χ3v) is 7.89. The zero-order valence-corrected chi connectivity index (χ0v) is 22.5. The molecule has 2 aromatic carbocycles. The summed E-state index contributed by atoms with van der Waals surface area (Å²) < 4.78 is 25.8. The number of esters is 1. The van der Waals surface area contributed by atoms with Gasteiger partial charge in [-0.05, 0) is 55.5 Å². The van der Waals surface area contributed by atoms with Crippen molar-refractivity contribution in [2.75, 3.05) is 32.7 Å². The summed E-state index contributed by atoms with van der Waals surface area (Å²) in [6.45, 7) is 3.08. The molecule has 3 heterocycles. The Morgan fingerprint density at radius 2 is 1.92 bits per heavy atom. The number of rotatable bonds is 8. The molecule has 192 valence electrons. The molecule has 1 saturated heterocycles. The molecule has 5 rings (SSSR count). The number of aromatic nitrogens is 3. The number of nitrogens with zero attached hydrogens (tertiary/aromatic N) is 3. The third kappa shape index (κ3) is 5.20. The normalized spacial score (nSPS) is 13.8. The molecule has 0 saturated carbocycles. The molecule has 1 aliphatic heterocycles. The summed E-state index contributed by atoms with van der Waals surface area (Å²) in [6, 6.07) is 14.1. The van der Waals surface area contributed by atoms with E-state index >= 15 is 0 Å². The minimum absolute atomic E-state index is 0.262.